The fourth-order valence-corrected chi connectivity index (χ4v) is 4.30. The zero-order valence-corrected chi connectivity index (χ0v) is 17.7. The van der Waals surface area contributed by atoms with Gasteiger partial charge in [0.15, 0.2) is 5.13 Å². The van der Waals surface area contributed by atoms with Crippen LogP contribution in [0.2, 0.25) is 0 Å². The summed E-state index contributed by atoms with van der Waals surface area (Å²) in [6.07, 6.45) is 0.182. The van der Waals surface area contributed by atoms with Crippen LogP contribution >= 0.6 is 23.1 Å². The summed E-state index contributed by atoms with van der Waals surface area (Å²) in [6.45, 7) is 0. The van der Waals surface area contributed by atoms with Crippen LogP contribution in [0.4, 0.5) is 9.52 Å². The molecular formula is C21H21FN2O3S2. The summed E-state index contributed by atoms with van der Waals surface area (Å²) < 4.78 is 23.5. The number of halogens is 1. The quantitative estimate of drug-likeness (QED) is 0.520. The molecule has 8 heteroatoms. The van der Waals surface area contributed by atoms with E-state index in [9.17, 15) is 9.18 Å². The summed E-state index contributed by atoms with van der Waals surface area (Å²) in [5, 5.41) is 5.30. The lowest BCUT2D eigenvalue weighted by molar-refractivity contribution is -0.115. The highest BCUT2D eigenvalue weighted by Gasteiger charge is 2.09. The van der Waals surface area contributed by atoms with Crippen LogP contribution in [-0.2, 0) is 22.7 Å². The number of anilines is 1. The SMILES string of the molecule is COc1cc(CSCc2csc(NC(=O)Cc3ccc(F)cc3)n2)cc(OC)c1. The van der Waals surface area contributed by atoms with Crippen molar-refractivity contribution in [1.29, 1.82) is 0 Å². The highest BCUT2D eigenvalue weighted by molar-refractivity contribution is 7.97. The predicted molar refractivity (Wildman–Crippen MR) is 115 cm³/mol. The standard InChI is InChI=1S/C21H21FN2O3S2/c1-26-18-7-15(8-19(10-18)27-2)11-28-12-17-13-29-21(23-17)24-20(25)9-14-3-5-16(22)6-4-14/h3-8,10,13H,9,11-12H2,1-2H3,(H,23,24,25). The molecule has 0 fully saturated rings. The second-order valence-corrected chi connectivity index (χ2v) is 8.05. The second-order valence-electron chi connectivity index (χ2n) is 6.21. The normalized spacial score (nSPS) is 10.6. The minimum absolute atomic E-state index is 0.173. The molecule has 1 amide bonds. The van der Waals surface area contributed by atoms with Crippen molar-refractivity contribution in [3.8, 4) is 11.5 Å². The number of hydrogen-bond donors (Lipinski definition) is 1. The number of rotatable bonds is 9. The Kier molecular flexibility index (Phi) is 7.48. The van der Waals surface area contributed by atoms with E-state index in [1.807, 2.05) is 23.6 Å². The number of nitrogens with zero attached hydrogens (tertiary/aromatic N) is 1. The van der Waals surface area contributed by atoms with E-state index in [4.69, 9.17) is 9.47 Å². The minimum Gasteiger partial charge on any atom is -0.497 e. The summed E-state index contributed by atoms with van der Waals surface area (Å²) in [4.78, 5) is 16.6. The van der Waals surface area contributed by atoms with Gasteiger partial charge in [-0.15, -0.1) is 11.3 Å². The first-order chi connectivity index (χ1) is 14.1. The van der Waals surface area contributed by atoms with Gasteiger partial charge in [-0.1, -0.05) is 12.1 Å². The average molecular weight is 433 g/mol. The second kappa shape index (κ2) is 10.3. The van der Waals surface area contributed by atoms with E-state index in [1.165, 1.54) is 23.5 Å². The number of carbonyl (C=O) groups excluding carboxylic acids is 1. The van der Waals surface area contributed by atoms with E-state index in [-0.39, 0.29) is 18.1 Å². The number of hydrogen-bond acceptors (Lipinski definition) is 6. The molecule has 0 aliphatic heterocycles. The number of nitrogens with one attached hydrogen (secondary N) is 1. The van der Waals surface area contributed by atoms with Crippen molar-refractivity contribution < 1.29 is 18.7 Å². The van der Waals surface area contributed by atoms with Gasteiger partial charge < -0.3 is 14.8 Å². The van der Waals surface area contributed by atoms with Gasteiger partial charge in [0.25, 0.3) is 0 Å². The molecule has 0 saturated heterocycles. The summed E-state index contributed by atoms with van der Waals surface area (Å²) in [5.74, 6) is 2.55. The first kappa shape index (κ1) is 21.1. The molecule has 2 aromatic carbocycles. The van der Waals surface area contributed by atoms with Crippen molar-refractivity contribution >= 4 is 34.1 Å². The largest absolute Gasteiger partial charge is 0.497 e. The molecule has 0 spiro atoms. The molecule has 0 bridgehead atoms. The number of ether oxygens (including phenoxy) is 2. The van der Waals surface area contributed by atoms with Gasteiger partial charge in [0.1, 0.15) is 17.3 Å². The van der Waals surface area contributed by atoms with Crippen LogP contribution in [0, 0.1) is 5.82 Å². The highest BCUT2D eigenvalue weighted by Crippen LogP contribution is 2.27. The third-order valence-electron chi connectivity index (χ3n) is 4.01. The molecule has 152 valence electrons. The molecule has 0 unspecified atom stereocenters. The first-order valence-corrected chi connectivity index (χ1v) is 10.9. The van der Waals surface area contributed by atoms with Crippen LogP contribution in [0.1, 0.15) is 16.8 Å². The lowest BCUT2D eigenvalue weighted by atomic mass is 10.1. The molecule has 0 aliphatic rings. The van der Waals surface area contributed by atoms with Crippen LogP contribution < -0.4 is 14.8 Å². The van der Waals surface area contributed by atoms with E-state index >= 15 is 0 Å². The van der Waals surface area contributed by atoms with Gasteiger partial charge in [0.05, 0.1) is 26.3 Å². The Morgan fingerprint density at radius 1 is 1.07 bits per heavy atom. The number of carbonyl (C=O) groups is 1. The fraction of sp³-hybridized carbons (Fsp3) is 0.238. The van der Waals surface area contributed by atoms with Crippen molar-refractivity contribution in [2.45, 2.75) is 17.9 Å². The Balaban J connectivity index is 1.49. The number of methoxy groups -OCH3 is 2. The minimum atomic E-state index is -0.316. The molecular weight excluding hydrogens is 411 g/mol. The molecule has 3 rings (SSSR count). The monoisotopic (exact) mass is 432 g/mol. The van der Waals surface area contributed by atoms with Gasteiger partial charge in [0.2, 0.25) is 5.91 Å². The number of thiazole rings is 1. The van der Waals surface area contributed by atoms with Crippen molar-refractivity contribution in [1.82, 2.24) is 4.98 Å². The van der Waals surface area contributed by atoms with E-state index < -0.39 is 0 Å². The van der Waals surface area contributed by atoms with Crippen molar-refractivity contribution in [2.75, 3.05) is 19.5 Å². The van der Waals surface area contributed by atoms with E-state index in [0.29, 0.717) is 5.13 Å². The van der Waals surface area contributed by atoms with Crippen LogP contribution in [0.25, 0.3) is 0 Å². The zero-order valence-electron chi connectivity index (χ0n) is 16.1. The summed E-state index contributed by atoms with van der Waals surface area (Å²) in [5.41, 5.74) is 2.77. The summed E-state index contributed by atoms with van der Waals surface area (Å²) >= 11 is 3.11. The molecule has 0 aliphatic carbocycles. The van der Waals surface area contributed by atoms with Gasteiger partial charge in [-0.2, -0.15) is 11.8 Å². The van der Waals surface area contributed by atoms with Crippen molar-refractivity contribution in [3.05, 3.63) is 70.5 Å². The first-order valence-electron chi connectivity index (χ1n) is 8.84. The summed E-state index contributed by atoms with van der Waals surface area (Å²) in [7, 11) is 3.26. The van der Waals surface area contributed by atoms with Gasteiger partial charge >= 0.3 is 0 Å². The third-order valence-corrected chi connectivity index (χ3v) is 5.85. The Morgan fingerprint density at radius 2 is 1.76 bits per heavy atom. The maximum absolute atomic E-state index is 12.9. The van der Waals surface area contributed by atoms with Gasteiger partial charge in [-0.3, -0.25) is 4.79 Å². The number of benzene rings is 2. The maximum Gasteiger partial charge on any atom is 0.230 e. The summed E-state index contributed by atoms with van der Waals surface area (Å²) in [6, 6.07) is 11.7. The van der Waals surface area contributed by atoms with Crippen LogP contribution in [0.3, 0.4) is 0 Å². The number of amides is 1. The molecule has 0 atom stereocenters. The van der Waals surface area contributed by atoms with Gasteiger partial charge in [0, 0.05) is 23.0 Å². The van der Waals surface area contributed by atoms with Crippen molar-refractivity contribution in [3.63, 3.8) is 0 Å². The van der Waals surface area contributed by atoms with Gasteiger partial charge in [-0.25, -0.2) is 9.37 Å². The molecule has 29 heavy (non-hydrogen) atoms. The van der Waals surface area contributed by atoms with E-state index in [1.54, 1.807) is 38.1 Å². The Hall–Kier alpha value is -2.58. The highest BCUT2D eigenvalue weighted by atomic mass is 32.2. The number of thioether (sulfide) groups is 1. The van der Waals surface area contributed by atoms with Crippen LogP contribution in [0.15, 0.2) is 47.8 Å². The lowest BCUT2D eigenvalue weighted by Gasteiger charge is -2.08. The third kappa shape index (κ3) is 6.47. The molecule has 0 radical (unpaired) electrons. The van der Waals surface area contributed by atoms with Crippen LogP contribution in [0.5, 0.6) is 11.5 Å². The average Bonchev–Trinajstić information content (AvgIpc) is 3.16. The smallest absolute Gasteiger partial charge is 0.230 e. The lowest BCUT2D eigenvalue weighted by Crippen LogP contribution is -2.14. The zero-order chi connectivity index (χ0) is 20.6. The fourth-order valence-electron chi connectivity index (χ4n) is 2.60. The Morgan fingerprint density at radius 3 is 2.41 bits per heavy atom. The topological polar surface area (TPSA) is 60.5 Å². The van der Waals surface area contributed by atoms with E-state index in [0.717, 1.165) is 39.8 Å². The molecule has 1 N–H and O–H groups in total. The number of aromatic nitrogens is 1. The predicted octanol–water partition coefficient (Wildman–Crippen LogP) is 4.91. The molecule has 3 aromatic rings. The molecule has 0 saturated carbocycles. The maximum atomic E-state index is 12.9. The van der Waals surface area contributed by atoms with Gasteiger partial charge in [-0.05, 0) is 35.4 Å². The molecule has 1 heterocycles. The van der Waals surface area contributed by atoms with Crippen LogP contribution in [-0.4, -0.2) is 25.1 Å². The Bertz CT molecular complexity index is 939. The molecule has 5 nitrogen and oxygen atoms in total. The van der Waals surface area contributed by atoms with Crippen molar-refractivity contribution in [2.24, 2.45) is 0 Å². The molecule has 1 aromatic heterocycles. The Labute approximate surface area is 177 Å². The van der Waals surface area contributed by atoms with E-state index in [2.05, 4.69) is 10.3 Å².